The average Bonchev–Trinajstić information content (AvgIpc) is 2.37. The van der Waals surface area contributed by atoms with Crippen molar-refractivity contribution in [3.63, 3.8) is 0 Å². The fourth-order valence-electron chi connectivity index (χ4n) is 1.39. The van der Waals surface area contributed by atoms with Gasteiger partial charge in [-0.3, -0.25) is 19.8 Å². The van der Waals surface area contributed by atoms with Crippen molar-refractivity contribution in [3.05, 3.63) is 47.6 Å². The van der Waals surface area contributed by atoms with E-state index in [-0.39, 0.29) is 22.2 Å². The van der Waals surface area contributed by atoms with Crippen LogP contribution in [-0.2, 0) is 39.7 Å². The van der Waals surface area contributed by atoms with E-state index in [9.17, 15) is 0 Å². The van der Waals surface area contributed by atoms with Gasteiger partial charge in [0.25, 0.3) is 0 Å². The summed E-state index contributed by atoms with van der Waals surface area (Å²) < 4.78 is 29.1. The van der Waals surface area contributed by atoms with Gasteiger partial charge in [0.1, 0.15) is 0 Å². The van der Waals surface area contributed by atoms with Crippen molar-refractivity contribution in [3.8, 4) is 0 Å². The summed E-state index contributed by atoms with van der Waals surface area (Å²) in [6.45, 7) is 0. The van der Waals surface area contributed by atoms with Crippen LogP contribution >= 0.6 is 0 Å². The summed E-state index contributed by atoms with van der Waals surface area (Å²) in [5, 5.41) is 6.05. The van der Waals surface area contributed by atoms with Crippen molar-refractivity contribution in [2.45, 2.75) is 0 Å². The van der Waals surface area contributed by atoms with Crippen molar-refractivity contribution >= 4 is 44.7 Å². The van der Waals surface area contributed by atoms with Crippen molar-refractivity contribution < 1.29 is 34.6 Å². The predicted molar refractivity (Wildman–Crippen MR) is 86.8 cm³/mol. The van der Waals surface area contributed by atoms with Crippen molar-refractivity contribution in [2.75, 3.05) is 0 Å². The molecule has 2 rings (SSSR count). The first-order valence-corrected chi connectivity index (χ1v) is 7.34. The normalized spacial score (nSPS) is 10.5. The van der Waals surface area contributed by atoms with Gasteiger partial charge in [0, 0.05) is 17.8 Å². The van der Waals surface area contributed by atoms with Gasteiger partial charge in [-0.2, -0.15) is 0 Å². The largest absolute Gasteiger partial charge is 2.00 e. The molecule has 0 fully saturated rings. The zero-order valence-corrected chi connectivity index (χ0v) is 13.8. The molecule has 0 saturated carbocycles. The number of pyridine rings is 1. The molecule has 0 aliphatic carbocycles. The summed E-state index contributed by atoms with van der Waals surface area (Å²) in [6.07, 6.45) is 3.29. The van der Waals surface area contributed by atoms with Crippen molar-refractivity contribution in [1.29, 1.82) is 0 Å². The van der Waals surface area contributed by atoms with Crippen LogP contribution in [0.15, 0.2) is 41.6 Å². The Morgan fingerprint density at radius 3 is 2.50 bits per heavy atom. The van der Waals surface area contributed by atoms with E-state index < -0.39 is 10.4 Å². The zero-order valence-electron chi connectivity index (χ0n) is 11.0. The third-order valence-corrected chi connectivity index (χ3v) is 2.13. The van der Waals surface area contributed by atoms with Gasteiger partial charge >= 0.3 is 27.5 Å². The van der Waals surface area contributed by atoms with Gasteiger partial charge in [-0.1, -0.05) is 32.7 Å². The van der Waals surface area contributed by atoms with Crippen LogP contribution in [0.25, 0.3) is 16.2 Å². The Hall–Kier alpha value is -1.46. The number of rotatable bonds is 2. The minimum atomic E-state index is -4.17. The maximum atomic E-state index is 8.97. The van der Waals surface area contributed by atoms with E-state index >= 15 is 0 Å². The van der Waals surface area contributed by atoms with Crippen LogP contribution in [0.3, 0.4) is 0 Å². The molecule has 6 N–H and O–H groups in total. The van der Waals surface area contributed by atoms with E-state index in [4.69, 9.17) is 23.3 Å². The Labute approximate surface area is 142 Å². The van der Waals surface area contributed by atoms with Crippen LogP contribution < -0.4 is 5.73 Å². The number of nitrogens with zero attached hydrogens (tertiary/aromatic N) is 3. The van der Waals surface area contributed by atoms with E-state index in [1.807, 2.05) is 30.3 Å². The molecule has 1 aromatic heterocycles. The van der Waals surface area contributed by atoms with Crippen LogP contribution in [0.5, 0.6) is 0 Å². The van der Waals surface area contributed by atoms with Gasteiger partial charge in [0.05, 0.1) is 5.69 Å². The van der Waals surface area contributed by atoms with Gasteiger partial charge in [-0.25, -0.2) is 0 Å². The Balaban J connectivity index is 0.000000644. The molecule has 0 unspecified atom stereocenters. The second-order valence-corrected chi connectivity index (χ2v) is 5.09. The third-order valence-electron chi connectivity index (χ3n) is 2.04. The first-order chi connectivity index (χ1) is 9.77. The molecule has 0 spiro atoms. The van der Waals surface area contributed by atoms with Crippen LogP contribution in [-0.4, -0.2) is 33.8 Å². The summed E-state index contributed by atoms with van der Waals surface area (Å²) in [5.74, 6) is 0. The minimum absolute atomic E-state index is 0. The molecule has 11 heteroatoms. The Morgan fingerprint density at radius 2 is 1.91 bits per heavy atom. The Morgan fingerprint density at radius 1 is 1.32 bits per heavy atom. The summed E-state index contributed by atoms with van der Waals surface area (Å²) in [5.41, 5.74) is 9.62. The van der Waals surface area contributed by atoms with Gasteiger partial charge in [0.15, 0.2) is 17.3 Å². The monoisotopic (exact) mass is 386 g/mol. The van der Waals surface area contributed by atoms with Gasteiger partial charge in [-0.15, -0.1) is 0 Å². The predicted octanol–water partition coefficient (Wildman–Crippen LogP) is -1.05. The minimum Gasteiger partial charge on any atom is -0.515 e. The average molecular weight is 386 g/mol. The summed E-state index contributed by atoms with van der Waals surface area (Å²) in [6, 6.07) is 9.88. The molecule has 1 heterocycles. The second-order valence-electron chi connectivity index (χ2n) is 3.62. The molecule has 0 bridgehead atoms. The Bertz CT molecular complexity index is 754. The molecule has 0 amide bonds. The molecule has 2 aromatic rings. The number of aromatic nitrogens is 1. The van der Waals surface area contributed by atoms with Crippen molar-refractivity contribution in [2.24, 2.45) is 10.8 Å². The van der Waals surface area contributed by atoms with Gasteiger partial charge in [-0.05, 0) is 11.5 Å². The van der Waals surface area contributed by atoms with Gasteiger partial charge < -0.3 is 10.5 Å². The van der Waals surface area contributed by atoms with Crippen LogP contribution in [0.2, 0.25) is 0 Å². The summed E-state index contributed by atoms with van der Waals surface area (Å²) in [7, 11) is -4.17. The zero-order chi connectivity index (χ0) is 15.9. The maximum Gasteiger partial charge on any atom is 2.00 e. The third kappa shape index (κ3) is 8.74. The molecule has 0 atom stereocenters. The molecular weight excluding hydrogens is 372 g/mol. The Kier molecular flexibility index (Phi) is 8.90. The summed E-state index contributed by atoms with van der Waals surface area (Å²) >= 11 is 3.81. The maximum absolute atomic E-state index is 8.97. The number of benzene rings is 1. The first kappa shape index (κ1) is 20.5. The molecule has 0 aliphatic heterocycles. The molecular formula is C11H14FeN4O4S2+4. The molecule has 8 nitrogen and oxygen atoms in total. The van der Waals surface area contributed by atoms with E-state index in [1.54, 1.807) is 12.4 Å². The molecule has 22 heavy (non-hydrogen) atoms. The van der Waals surface area contributed by atoms with E-state index in [0.717, 1.165) is 16.5 Å². The van der Waals surface area contributed by atoms with Crippen LogP contribution in [0, 0.1) is 0 Å². The quantitative estimate of drug-likeness (QED) is 0.175. The standard InChI is InChI=1S/C11H10N4S.Fe.H2O4S/c12-11(16)15-14-7-10-9-4-2-1-3-8(9)5-6-13-10;;1-5(2,3)4/h1-7H,(H3,12,13,15,16);;(H2,1,2,3,4)/q;+2;/p+2. The smallest absolute Gasteiger partial charge is 0.515 e. The molecule has 118 valence electrons. The fourth-order valence-corrected chi connectivity index (χ4v) is 1.44. The molecule has 0 radical (unpaired) electrons. The molecule has 0 saturated heterocycles. The van der Waals surface area contributed by atoms with E-state index in [1.165, 1.54) is 0 Å². The van der Waals surface area contributed by atoms with Gasteiger partial charge in [0.2, 0.25) is 0 Å². The number of thiol groups is 1. The van der Waals surface area contributed by atoms with Crippen molar-refractivity contribution in [1.82, 2.24) is 4.98 Å². The summed E-state index contributed by atoms with van der Waals surface area (Å²) in [4.78, 5) is 4.22. The van der Waals surface area contributed by atoms with E-state index in [0.29, 0.717) is 0 Å². The number of hydrogen-bond donors (Lipinski definition) is 1. The first-order valence-electron chi connectivity index (χ1n) is 5.41. The number of nitrogens with two attached hydrogens (primary N) is 1. The molecule has 0 aliphatic rings. The fraction of sp³-hybridized carbons (Fsp3) is 0. The SMILES string of the molecule is NC(=[SH+])[N-]N=Cc1nccc2ccccc12.O=S(=O)([OH2+])[OH2+].[Fe+2]. The van der Waals surface area contributed by atoms with Crippen LogP contribution in [0.4, 0.5) is 0 Å². The number of hydrogen-bond acceptors (Lipinski definition) is 4. The van der Waals surface area contributed by atoms with E-state index in [2.05, 4.69) is 27.7 Å². The topological polar surface area (TPSA) is 145 Å². The van der Waals surface area contributed by atoms with Crippen LogP contribution in [0.1, 0.15) is 5.69 Å². The second kappa shape index (κ2) is 9.54. The number of fused-ring (bicyclic) bond motifs is 1. The molecule has 1 aromatic carbocycles.